The van der Waals surface area contributed by atoms with Crippen molar-refractivity contribution in [2.45, 2.75) is 57.7 Å². The summed E-state index contributed by atoms with van der Waals surface area (Å²) in [7, 11) is 0. The largest absolute Gasteiger partial charge is 0.459 e. The van der Waals surface area contributed by atoms with E-state index in [2.05, 4.69) is 0 Å². The van der Waals surface area contributed by atoms with Crippen molar-refractivity contribution in [1.29, 1.82) is 0 Å². The highest BCUT2D eigenvalue weighted by atomic mass is 16.6. The van der Waals surface area contributed by atoms with Crippen molar-refractivity contribution in [3.8, 4) is 0 Å². The molecule has 1 amide bonds. The third-order valence-corrected chi connectivity index (χ3v) is 3.44. The Bertz CT molecular complexity index is 350. The highest BCUT2D eigenvalue weighted by Gasteiger charge is 2.43. The third kappa shape index (κ3) is 2.94. The molecule has 0 aromatic rings. The molecule has 0 saturated carbocycles. The van der Waals surface area contributed by atoms with E-state index >= 15 is 0 Å². The van der Waals surface area contributed by atoms with Crippen molar-refractivity contribution in [1.82, 2.24) is 4.90 Å². The Kier molecular flexibility index (Phi) is 3.25. The minimum absolute atomic E-state index is 0.110. The number of carbonyl (C=O) groups excluding carboxylic acids is 2. The van der Waals surface area contributed by atoms with E-state index in [-0.39, 0.29) is 17.7 Å². The van der Waals surface area contributed by atoms with Crippen LogP contribution in [0.3, 0.4) is 0 Å². The van der Waals surface area contributed by atoms with Crippen LogP contribution in [0.4, 0.5) is 4.79 Å². The smallest absolute Gasteiger partial charge is 0.410 e. The molecule has 0 bridgehead atoms. The predicted molar refractivity (Wildman–Crippen MR) is 65.1 cm³/mol. The van der Waals surface area contributed by atoms with Gasteiger partial charge in [-0.2, -0.15) is 0 Å². The Hall–Kier alpha value is -1.26. The number of rotatable bonds is 0. The molecule has 2 rings (SSSR count). The molecule has 1 spiro atoms. The fourth-order valence-electron chi connectivity index (χ4n) is 2.45. The Morgan fingerprint density at radius 1 is 1.28 bits per heavy atom. The zero-order valence-electron chi connectivity index (χ0n) is 11.3. The first-order chi connectivity index (χ1) is 8.30. The van der Waals surface area contributed by atoms with Crippen molar-refractivity contribution >= 4 is 12.1 Å². The van der Waals surface area contributed by atoms with Gasteiger partial charge >= 0.3 is 12.1 Å². The van der Waals surface area contributed by atoms with Gasteiger partial charge in [0.15, 0.2) is 0 Å². The van der Waals surface area contributed by atoms with Gasteiger partial charge in [0.25, 0.3) is 0 Å². The molecule has 2 aliphatic heterocycles. The van der Waals surface area contributed by atoms with Crippen LogP contribution in [-0.2, 0) is 14.3 Å². The number of hydrogen-bond donors (Lipinski definition) is 0. The monoisotopic (exact) mass is 255 g/mol. The summed E-state index contributed by atoms with van der Waals surface area (Å²) in [6.45, 7) is 6.77. The van der Waals surface area contributed by atoms with Gasteiger partial charge in [-0.1, -0.05) is 0 Å². The standard InChI is InChI=1S/C13H21NO4/c1-12(2,3)18-11(16)14-8-6-13(7-9-14)5-4-10(15)17-13/h4-9H2,1-3H3. The summed E-state index contributed by atoms with van der Waals surface area (Å²) in [5.41, 5.74) is -0.776. The molecule has 2 fully saturated rings. The van der Waals surface area contributed by atoms with E-state index in [1.807, 2.05) is 20.8 Å². The van der Waals surface area contributed by atoms with Crippen LogP contribution in [0.25, 0.3) is 0 Å². The minimum atomic E-state index is -0.466. The van der Waals surface area contributed by atoms with Crippen molar-refractivity contribution < 1.29 is 19.1 Å². The lowest BCUT2D eigenvalue weighted by molar-refractivity contribution is -0.151. The van der Waals surface area contributed by atoms with Crippen LogP contribution in [-0.4, -0.2) is 41.3 Å². The number of likely N-dealkylation sites (tertiary alicyclic amines) is 1. The van der Waals surface area contributed by atoms with Crippen LogP contribution in [0.1, 0.15) is 46.5 Å². The molecule has 0 unspecified atom stereocenters. The average Bonchev–Trinajstić information content (AvgIpc) is 2.58. The number of nitrogens with zero attached hydrogens (tertiary/aromatic N) is 1. The number of ether oxygens (including phenoxy) is 2. The van der Waals surface area contributed by atoms with Crippen LogP contribution in [0.5, 0.6) is 0 Å². The number of hydrogen-bond acceptors (Lipinski definition) is 4. The summed E-state index contributed by atoms with van der Waals surface area (Å²) in [6, 6.07) is 0. The normalized spacial score (nSPS) is 23.1. The van der Waals surface area contributed by atoms with Gasteiger partial charge in [-0.25, -0.2) is 4.79 Å². The third-order valence-electron chi connectivity index (χ3n) is 3.44. The molecular formula is C13H21NO4. The highest BCUT2D eigenvalue weighted by Crippen LogP contribution is 2.36. The highest BCUT2D eigenvalue weighted by molar-refractivity contribution is 5.72. The van der Waals surface area contributed by atoms with E-state index < -0.39 is 5.60 Å². The van der Waals surface area contributed by atoms with Crippen LogP contribution < -0.4 is 0 Å². The van der Waals surface area contributed by atoms with Crippen LogP contribution in [0.2, 0.25) is 0 Å². The van der Waals surface area contributed by atoms with Gasteiger partial charge in [-0.05, 0) is 27.2 Å². The Morgan fingerprint density at radius 2 is 1.89 bits per heavy atom. The molecule has 18 heavy (non-hydrogen) atoms. The summed E-state index contributed by atoms with van der Waals surface area (Å²) < 4.78 is 10.7. The predicted octanol–water partition coefficient (Wildman–Crippen LogP) is 2.09. The van der Waals surface area contributed by atoms with E-state index in [1.54, 1.807) is 4.90 Å². The molecule has 2 aliphatic rings. The first-order valence-corrected chi connectivity index (χ1v) is 6.50. The Labute approximate surface area is 107 Å². The molecule has 5 nitrogen and oxygen atoms in total. The maximum Gasteiger partial charge on any atom is 0.410 e. The van der Waals surface area contributed by atoms with Gasteiger partial charge in [0.1, 0.15) is 11.2 Å². The van der Waals surface area contributed by atoms with Gasteiger partial charge in [0, 0.05) is 32.4 Å². The molecule has 2 heterocycles. The lowest BCUT2D eigenvalue weighted by atomic mass is 9.89. The van der Waals surface area contributed by atoms with E-state index in [4.69, 9.17) is 9.47 Å². The first-order valence-electron chi connectivity index (χ1n) is 6.50. The lowest BCUT2D eigenvalue weighted by Crippen LogP contribution is -2.48. The van der Waals surface area contributed by atoms with Crippen LogP contribution in [0, 0.1) is 0 Å². The number of piperidine rings is 1. The van der Waals surface area contributed by atoms with E-state index in [1.165, 1.54) is 0 Å². The summed E-state index contributed by atoms with van der Waals surface area (Å²) in [4.78, 5) is 24.8. The molecule has 2 saturated heterocycles. The number of esters is 1. The minimum Gasteiger partial charge on any atom is -0.459 e. The van der Waals surface area contributed by atoms with Crippen molar-refractivity contribution in [2.24, 2.45) is 0 Å². The Balaban J connectivity index is 1.87. The fourth-order valence-corrected chi connectivity index (χ4v) is 2.45. The summed E-state index contributed by atoms with van der Waals surface area (Å²) in [6.07, 6.45) is 2.46. The van der Waals surface area contributed by atoms with Gasteiger partial charge in [-0.3, -0.25) is 4.79 Å². The second kappa shape index (κ2) is 4.44. The molecule has 0 aliphatic carbocycles. The summed E-state index contributed by atoms with van der Waals surface area (Å²) in [5.74, 6) is -0.110. The van der Waals surface area contributed by atoms with Gasteiger partial charge in [0.05, 0.1) is 0 Å². The zero-order chi connectivity index (χ0) is 13.4. The summed E-state index contributed by atoms with van der Waals surface area (Å²) >= 11 is 0. The van der Waals surface area contributed by atoms with Crippen molar-refractivity contribution in [3.63, 3.8) is 0 Å². The molecule has 0 aromatic heterocycles. The second-order valence-corrected chi connectivity index (χ2v) is 6.12. The quantitative estimate of drug-likeness (QED) is 0.622. The molecule has 5 heteroatoms. The van der Waals surface area contributed by atoms with Gasteiger partial charge < -0.3 is 14.4 Å². The van der Waals surface area contributed by atoms with Crippen LogP contribution in [0.15, 0.2) is 0 Å². The fraction of sp³-hybridized carbons (Fsp3) is 0.846. The Morgan fingerprint density at radius 3 is 2.33 bits per heavy atom. The van der Waals surface area contributed by atoms with E-state index in [9.17, 15) is 9.59 Å². The van der Waals surface area contributed by atoms with Gasteiger partial charge in [-0.15, -0.1) is 0 Å². The maximum atomic E-state index is 11.9. The molecule has 0 aromatic carbocycles. The zero-order valence-corrected chi connectivity index (χ0v) is 11.3. The van der Waals surface area contributed by atoms with Crippen LogP contribution >= 0.6 is 0 Å². The molecule has 0 N–H and O–H groups in total. The SMILES string of the molecule is CC(C)(C)OC(=O)N1CCC2(CCC(=O)O2)CC1. The number of carbonyl (C=O) groups is 2. The van der Waals surface area contributed by atoms with Gasteiger partial charge in [0.2, 0.25) is 0 Å². The lowest BCUT2D eigenvalue weighted by Gasteiger charge is -2.38. The second-order valence-electron chi connectivity index (χ2n) is 6.12. The van der Waals surface area contributed by atoms with E-state index in [0.717, 1.165) is 19.3 Å². The average molecular weight is 255 g/mol. The molecule has 0 radical (unpaired) electrons. The van der Waals surface area contributed by atoms with E-state index in [0.29, 0.717) is 19.5 Å². The number of amides is 1. The first kappa shape index (κ1) is 13.2. The topological polar surface area (TPSA) is 55.8 Å². The summed E-state index contributed by atoms with van der Waals surface area (Å²) in [5, 5.41) is 0. The molecule has 0 atom stereocenters. The molecular weight excluding hydrogens is 234 g/mol. The van der Waals surface area contributed by atoms with Crippen molar-refractivity contribution in [2.75, 3.05) is 13.1 Å². The molecule has 102 valence electrons. The van der Waals surface area contributed by atoms with Crippen molar-refractivity contribution in [3.05, 3.63) is 0 Å². The maximum absolute atomic E-state index is 11.9.